The Kier molecular flexibility index (Phi) is 3.50. The van der Waals surface area contributed by atoms with E-state index in [1.165, 1.54) is 12.8 Å². The number of nitrogens with two attached hydrogens (primary N) is 1. The van der Waals surface area contributed by atoms with Crippen molar-refractivity contribution < 1.29 is 4.74 Å². The molecule has 1 heterocycles. The van der Waals surface area contributed by atoms with Gasteiger partial charge < -0.3 is 10.5 Å². The number of aryl methyl sites for hydroxylation is 1. The van der Waals surface area contributed by atoms with Crippen molar-refractivity contribution in [1.82, 2.24) is 4.98 Å². The Balaban J connectivity index is 2.02. The van der Waals surface area contributed by atoms with E-state index in [1.54, 1.807) is 6.20 Å². The summed E-state index contributed by atoms with van der Waals surface area (Å²) in [7, 11) is 0. The smallest absolute Gasteiger partial charge is 0.228 e. The van der Waals surface area contributed by atoms with Gasteiger partial charge >= 0.3 is 0 Å². The Morgan fingerprint density at radius 2 is 2.19 bits per heavy atom. The molecule has 0 unspecified atom stereocenters. The van der Waals surface area contributed by atoms with Crippen LogP contribution in [0.15, 0.2) is 16.7 Å². The molecule has 1 saturated carbocycles. The lowest BCUT2D eigenvalue weighted by atomic mass is 10.0. The minimum atomic E-state index is -0.148. The van der Waals surface area contributed by atoms with Crippen LogP contribution in [0.1, 0.15) is 31.2 Å². The highest BCUT2D eigenvalue weighted by Crippen LogP contribution is 2.30. The van der Waals surface area contributed by atoms with E-state index in [0.29, 0.717) is 12.5 Å². The molecule has 1 fully saturated rings. The van der Waals surface area contributed by atoms with E-state index in [-0.39, 0.29) is 5.54 Å². The van der Waals surface area contributed by atoms with Crippen LogP contribution in [-0.2, 0) is 0 Å². The first-order chi connectivity index (χ1) is 7.61. The summed E-state index contributed by atoms with van der Waals surface area (Å²) >= 11 is 3.48. The summed E-state index contributed by atoms with van der Waals surface area (Å²) in [6.07, 6.45) is 6.28. The van der Waals surface area contributed by atoms with Crippen LogP contribution < -0.4 is 10.5 Å². The summed E-state index contributed by atoms with van der Waals surface area (Å²) in [5, 5.41) is 0. The molecule has 1 aliphatic carbocycles. The molecule has 0 aromatic carbocycles. The summed E-state index contributed by atoms with van der Waals surface area (Å²) in [6.45, 7) is 2.58. The van der Waals surface area contributed by atoms with E-state index in [4.69, 9.17) is 10.5 Å². The topological polar surface area (TPSA) is 48.1 Å². The Labute approximate surface area is 105 Å². The van der Waals surface area contributed by atoms with Crippen molar-refractivity contribution >= 4 is 15.9 Å². The van der Waals surface area contributed by atoms with E-state index in [0.717, 1.165) is 22.9 Å². The fourth-order valence-electron chi connectivity index (χ4n) is 2.05. The van der Waals surface area contributed by atoms with Gasteiger partial charge in [-0.15, -0.1) is 0 Å². The molecule has 1 aliphatic rings. The third-order valence-corrected chi connectivity index (χ3v) is 4.11. The molecule has 0 atom stereocenters. The van der Waals surface area contributed by atoms with Gasteiger partial charge in [0.05, 0.1) is 10.0 Å². The second-order valence-corrected chi connectivity index (χ2v) is 5.40. The van der Waals surface area contributed by atoms with Gasteiger partial charge in [0, 0.05) is 6.20 Å². The molecule has 2 N–H and O–H groups in total. The maximum atomic E-state index is 6.23. The number of aromatic nitrogens is 1. The number of hydrogen-bond acceptors (Lipinski definition) is 3. The highest BCUT2D eigenvalue weighted by atomic mass is 79.9. The lowest BCUT2D eigenvalue weighted by Gasteiger charge is -2.23. The van der Waals surface area contributed by atoms with Crippen LogP contribution in [-0.4, -0.2) is 17.1 Å². The van der Waals surface area contributed by atoms with Crippen LogP contribution in [0.5, 0.6) is 5.88 Å². The van der Waals surface area contributed by atoms with Gasteiger partial charge in [0.1, 0.15) is 6.61 Å². The summed E-state index contributed by atoms with van der Waals surface area (Å²) in [6, 6.07) is 1.95. The van der Waals surface area contributed by atoms with Crippen LogP contribution in [0.2, 0.25) is 0 Å². The van der Waals surface area contributed by atoms with Gasteiger partial charge in [0.15, 0.2) is 0 Å². The minimum absolute atomic E-state index is 0.148. The van der Waals surface area contributed by atoms with Crippen LogP contribution in [0.4, 0.5) is 0 Å². The van der Waals surface area contributed by atoms with Crippen LogP contribution in [0, 0.1) is 6.92 Å². The molecule has 88 valence electrons. The number of halogens is 1. The van der Waals surface area contributed by atoms with Crippen molar-refractivity contribution in [3.05, 3.63) is 22.3 Å². The molecule has 0 amide bonds. The Bertz CT molecular complexity index is 375. The van der Waals surface area contributed by atoms with Crippen molar-refractivity contribution in [2.75, 3.05) is 6.61 Å². The number of hydrogen-bond donors (Lipinski definition) is 1. The van der Waals surface area contributed by atoms with E-state index < -0.39 is 0 Å². The lowest BCUT2D eigenvalue weighted by Crippen LogP contribution is -2.42. The lowest BCUT2D eigenvalue weighted by molar-refractivity contribution is 0.212. The van der Waals surface area contributed by atoms with Crippen molar-refractivity contribution in [2.45, 2.75) is 38.1 Å². The van der Waals surface area contributed by atoms with E-state index in [1.807, 2.05) is 13.0 Å². The van der Waals surface area contributed by atoms with Gasteiger partial charge in [-0.25, -0.2) is 4.98 Å². The van der Waals surface area contributed by atoms with Crippen molar-refractivity contribution in [3.8, 4) is 5.88 Å². The Hall–Kier alpha value is -0.610. The summed E-state index contributed by atoms with van der Waals surface area (Å²) in [5.74, 6) is 0.650. The van der Waals surface area contributed by atoms with Gasteiger partial charge in [-0.1, -0.05) is 12.8 Å². The number of ether oxygens (including phenoxy) is 1. The Morgan fingerprint density at radius 3 is 2.88 bits per heavy atom. The predicted octanol–water partition coefficient (Wildman–Crippen LogP) is 2.80. The van der Waals surface area contributed by atoms with Gasteiger partial charge in [-0.2, -0.15) is 0 Å². The molecule has 0 saturated heterocycles. The van der Waals surface area contributed by atoms with Crippen molar-refractivity contribution in [1.29, 1.82) is 0 Å². The third kappa shape index (κ3) is 2.55. The van der Waals surface area contributed by atoms with Crippen molar-refractivity contribution in [3.63, 3.8) is 0 Å². The molecule has 0 aliphatic heterocycles. The molecule has 16 heavy (non-hydrogen) atoms. The van der Waals surface area contributed by atoms with E-state index in [2.05, 4.69) is 20.9 Å². The average Bonchev–Trinajstić information content (AvgIpc) is 2.68. The standard InChI is InChI=1S/C12H17BrN2O/c1-9-4-7-15-11(10(9)13)16-8-12(14)5-2-3-6-12/h4,7H,2-3,5-6,8,14H2,1H3. The summed E-state index contributed by atoms with van der Waals surface area (Å²) in [4.78, 5) is 4.21. The van der Waals surface area contributed by atoms with Gasteiger partial charge in [0.2, 0.25) is 5.88 Å². The van der Waals surface area contributed by atoms with Gasteiger partial charge in [0.25, 0.3) is 0 Å². The molecule has 3 nitrogen and oxygen atoms in total. The fourth-order valence-corrected chi connectivity index (χ4v) is 2.40. The van der Waals surface area contributed by atoms with Crippen LogP contribution in [0.3, 0.4) is 0 Å². The third-order valence-electron chi connectivity index (χ3n) is 3.15. The first-order valence-corrected chi connectivity index (χ1v) is 6.43. The molecule has 0 spiro atoms. The fraction of sp³-hybridized carbons (Fsp3) is 0.583. The zero-order valence-electron chi connectivity index (χ0n) is 9.50. The maximum absolute atomic E-state index is 6.23. The summed E-state index contributed by atoms with van der Waals surface area (Å²) in [5.41, 5.74) is 7.21. The molecule has 4 heteroatoms. The predicted molar refractivity (Wildman–Crippen MR) is 67.6 cm³/mol. The molecule has 1 aromatic rings. The zero-order chi connectivity index (χ0) is 11.6. The molecular weight excluding hydrogens is 268 g/mol. The zero-order valence-corrected chi connectivity index (χ0v) is 11.1. The highest BCUT2D eigenvalue weighted by molar-refractivity contribution is 9.10. The SMILES string of the molecule is Cc1ccnc(OCC2(N)CCCC2)c1Br. The Morgan fingerprint density at radius 1 is 1.50 bits per heavy atom. The average molecular weight is 285 g/mol. The quantitative estimate of drug-likeness (QED) is 0.929. The maximum Gasteiger partial charge on any atom is 0.228 e. The molecular formula is C12H17BrN2O. The number of nitrogens with zero attached hydrogens (tertiary/aromatic N) is 1. The van der Waals surface area contributed by atoms with Crippen molar-refractivity contribution in [2.24, 2.45) is 5.73 Å². The van der Waals surface area contributed by atoms with Crippen LogP contribution in [0.25, 0.3) is 0 Å². The van der Waals surface area contributed by atoms with Gasteiger partial charge in [-0.05, 0) is 47.3 Å². The molecule has 2 rings (SSSR count). The second-order valence-electron chi connectivity index (χ2n) is 4.61. The normalized spacial score (nSPS) is 18.7. The number of pyridine rings is 1. The molecule has 0 radical (unpaired) electrons. The second kappa shape index (κ2) is 4.72. The monoisotopic (exact) mass is 284 g/mol. The number of rotatable bonds is 3. The van der Waals surface area contributed by atoms with Gasteiger partial charge in [-0.3, -0.25) is 0 Å². The first-order valence-electron chi connectivity index (χ1n) is 5.63. The van der Waals surface area contributed by atoms with Crippen LogP contribution >= 0.6 is 15.9 Å². The van der Waals surface area contributed by atoms with E-state index >= 15 is 0 Å². The highest BCUT2D eigenvalue weighted by Gasteiger charge is 2.30. The molecule has 1 aromatic heterocycles. The minimum Gasteiger partial charge on any atom is -0.475 e. The largest absolute Gasteiger partial charge is 0.475 e. The van der Waals surface area contributed by atoms with E-state index in [9.17, 15) is 0 Å². The first kappa shape index (κ1) is 11.9. The molecule has 0 bridgehead atoms. The summed E-state index contributed by atoms with van der Waals surface area (Å²) < 4.78 is 6.65.